The fourth-order valence-electron chi connectivity index (χ4n) is 0.892. The molecular weight excluding hydrogens is 195 g/mol. The minimum Gasteiger partial charge on any atom is -0.257 e. The van der Waals surface area contributed by atoms with Crippen molar-refractivity contribution in [1.29, 1.82) is 0 Å². The Morgan fingerprint density at radius 3 is 2.62 bits per heavy atom. The molecule has 13 heavy (non-hydrogen) atoms. The fraction of sp³-hybridized carbons (Fsp3) is 0.143. The lowest BCUT2D eigenvalue weighted by molar-refractivity contribution is 0.554. The van der Waals surface area contributed by atoms with Gasteiger partial charge in [-0.3, -0.25) is 5.84 Å². The summed E-state index contributed by atoms with van der Waals surface area (Å²) in [5.74, 6) is 3.98. The molecule has 0 bridgehead atoms. The molecule has 0 saturated heterocycles. The number of rotatable bonds is 2. The van der Waals surface area contributed by atoms with Gasteiger partial charge in [-0.2, -0.15) is 0 Å². The number of sulfonamides is 1. The Morgan fingerprint density at radius 2 is 2.08 bits per heavy atom. The highest BCUT2D eigenvalue weighted by Crippen LogP contribution is 2.16. The lowest BCUT2D eigenvalue weighted by Crippen LogP contribution is -2.30. The first kappa shape index (κ1) is 10.1. The molecule has 0 aromatic heterocycles. The fourth-order valence-corrected chi connectivity index (χ4v) is 1.67. The van der Waals surface area contributed by atoms with Gasteiger partial charge in [0, 0.05) is 0 Å². The Labute approximate surface area is 75.6 Å². The first-order chi connectivity index (χ1) is 5.99. The van der Waals surface area contributed by atoms with Crippen LogP contribution in [0.3, 0.4) is 0 Å². The van der Waals surface area contributed by atoms with Crippen LogP contribution in [-0.2, 0) is 10.0 Å². The predicted octanol–water partition coefficient (Wildman–Crippen LogP) is 0.286. The van der Waals surface area contributed by atoms with Crippen molar-refractivity contribution in [1.82, 2.24) is 4.83 Å². The SMILES string of the molecule is Cc1cccc(S(=O)(=O)NN)c1F. The van der Waals surface area contributed by atoms with Crippen molar-refractivity contribution in [3.8, 4) is 0 Å². The van der Waals surface area contributed by atoms with E-state index in [2.05, 4.69) is 0 Å². The second-order valence-corrected chi connectivity index (χ2v) is 4.19. The first-order valence-electron chi connectivity index (χ1n) is 3.46. The summed E-state index contributed by atoms with van der Waals surface area (Å²) in [4.78, 5) is 1.12. The van der Waals surface area contributed by atoms with Crippen LogP contribution in [0.1, 0.15) is 5.56 Å². The predicted molar refractivity (Wildman–Crippen MR) is 45.6 cm³/mol. The minimum atomic E-state index is -3.90. The maximum atomic E-state index is 13.2. The number of benzene rings is 1. The molecular formula is C7H9FN2O2S. The van der Waals surface area contributed by atoms with Crippen LogP contribution in [0.15, 0.2) is 23.1 Å². The number of nitrogens with one attached hydrogen (secondary N) is 1. The Bertz CT molecular complexity index is 417. The summed E-state index contributed by atoms with van der Waals surface area (Å²) < 4.78 is 35.4. The molecule has 0 radical (unpaired) electrons. The summed E-state index contributed by atoms with van der Waals surface area (Å²) in [6.07, 6.45) is 0. The van der Waals surface area contributed by atoms with Crippen LogP contribution in [0, 0.1) is 12.7 Å². The molecule has 6 heteroatoms. The molecule has 4 nitrogen and oxygen atoms in total. The summed E-state index contributed by atoms with van der Waals surface area (Å²) in [5.41, 5.74) is 0.260. The lowest BCUT2D eigenvalue weighted by atomic mass is 10.2. The normalized spacial score (nSPS) is 11.6. The average Bonchev–Trinajstić information content (AvgIpc) is 2.09. The van der Waals surface area contributed by atoms with Crippen molar-refractivity contribution in [2.75, 3.05) is 0 Å². The van der Waals surface area contributed by atoms with Crippen LogP contribution in [0.25, 0.3) is 0 Å². The van der Waals surface area contributed by atoms with Gasteiger partial charge in [0.2, 0.25) is 0 Å². The summed E-state index contributed by atoms with van der Waals surface area (Å²) in [6.45, 7) is 1.48. The number of hydrazine groups is 1. The molecule has 0 aliphatic heterocycles. The molecule has 1 aromatic rings. The van der Waals surface area contributed by atoms with E-state index in [-0.39, 0.29) is 5.56 Å². The monoisotopic (exact) mass is 204 g/mol. The van der Waals surface area contributed by atoms with Gasteiger partial charge in [-0.15, -0.1) is 4.83 Å². The number of nitrogens with two attached hydrogens (primary N) is 1. The van der Waals surface area contributed by atoms with E-state index < -0.39 is 20.7 Å². The molecule has 0 unspecified atom stereocenters. The lowest BCUT2D eigenvalue weighted by Gasteiger charge is -2.04. The van der Waals surface area contributed by atoms with Gasteiger partial charge in [-0.05, 0) is 18.6 Å². The Balaban J connectivity index is 3.40. The van der Waals surface area contributed by atoms with E-state index in [1.165, 1.54) is 19.1 Å². The van der Waals surface area contributed by atoms with E-state index in [9.17, 15) is 12.8 Å². The van der Waals surface area contributed by atoms with Crippen LogP contribution >= 0.6 is 0 Å². The summed E-state index contributed by atoms with van der Waals surface area (Å²) in [7, 11) is -3.90. The van der Waals surface area contributed by atoms with E-state index in [1.54, 1.807) is 4.83 Å². The van der Waals surface area contributed by atoms with Gasteiger partial charge in [0.25, 0.3) is 10.0 Å². The van der Waals surface area contributed by atoms with Gasteiger partial charge in [0.05, 0.1) is 0 Å². The van der Waals surface area contributed by atoms with E-state index >= 15 is 0 Å². The first-order valence-corrected chi connectivity index (χ1v) is 4.95. The third-order valence-electron chi connectivity index (χ3n) is 1.60. The van der Waals surface area contributed by atoms with Gasteiger partial charge in [-0.1, -0.05) is 12.1 Å². The number of halogens is 1. The van der Waals surface area contributed by atoms with Crippen molar-refractivity contribution < 1.29 is 12.8 Å². The van der Waals surface area contributed by atoms with E-state index in [0.29, 0.717) is 0 Å². The maximum absolute atomic E-state index is 13.2. The van der Waals surface area contributed by atoms with Crippen molar-refractivity contribution >= 4 is 10.0 Å². The largest absolute Gasteiger partial charge is 0.257 e. The van der Waals surface area contributed by atoms with Crippen LogP contribution < -0.4 is 10.7 Å². The highest BCUT2D eigenvalue weighted by Gasteiger charge is 2.17. The summed E-state index contributed by atoms with van der Waals surface area (Å²) in [5, 5.41) is 0. The molecule has 0 heterocycles. The maximum Gasteiger partial charge on any atom is 0.255 e. The molecule has 3 N–H and O–H groups in total. The van der Waals surface area contributed by atoms with Gasteiger partial charge in [0.15, 0.2) is 0 Å². The van der Waals surface area contributed by atoms with Crippen molar-refractivity contribution in [3.05, 3.63) is 29.6 Å². The van der Waals surface area contributed by atoms with Gasteiger partial charge in [-0.25, -0.2) is 12.8 Å². The molecule has 0 amide bonds. The van der Waals surface area contributed by atoms with Crippen LogP contribution in [-0.4, -0.2) is 8.42 Å². The number of hydrogen-bond donors (Lipinski definition) is 2. The highest BCUT2D eigenvalue weighted by atomic mass is 32.2. The third-order valence-corrected chi connectivity index (χ3v) is 2.81. The van der Waals surface area contributed by atoms with Crippen LogP contribution in [0.5, 0.6) is 0 Å². The molecule has 0 fully saturated rings. The summed E-state index contributed by atoms with van der Waals surface area (Å²) >= 11 is 0. The molecule has 72 valence electrons. The number of aryl methyl sites for hydroxylation is 1. The smallest absolute Gasteiger partial charge is 0.255 e. The Morgan fingerprint density at radius 1 is 1.46 bits per heavy atom. The van der Waals surface area contributed by atoms with Gasteiger partial charge >= 0.3 is 0 Å². The van der Waals surface area contributed by atoms with E-state index in [4.69, 9.17) is 5.84 Å². The molecule has 0 atom stereocenters. The molecule has 0 spiro atoms. The summed E-state index contributed by atoms with van der Waals surface area (Å²) in [6, 6.07) is 4.07. The minimum absolute atomic E-state index is 0.260. The van der Waals surface area contributed by atoms with Gasteiger partial charge in [0.1, 0.15) is 10.7 Å². The average molecular weight is 204 g/mol. The zero-order valence-corrected chi connectivity index (χ0v) is 7.73. The second kappa shape index (κ2) is 3.41. The van der Waals surface area contributed by atoms with Crippen LogP contribution in [0.2, 0.25) is 0 Å². The zero-order chi connectivity index (χ0) is 10.1. The van der Waals surface area contributed by atoms with E-state index in [0.717, 1.165) is 6.07 Å². The quantitative estimate of drug-likeness (QED) is 0.537. The molecule has 0 saturated carbocycles. The topological polar surface area (TPSA) is 72.2 Å². The molecule has 0 aliphatic rings. The van der Waals surface area contributed by atoms with Crippen molar-refractivity contribution in [3.63, 3.8) is 0 Å². The Hall–Kier alpha value is -0.980. The zero-order valence-electron chi connectivity index (χ0n) is 6.91. The van der Waals surface area contributed by atoms with Crippen molar-refractivity contribution in [2.45, 2.75) is 11.8 Å². The molecule has 1 rings (SSSR count). The third kappa shape index (κ3) is 1.85. The number of hydrogen-bond acceptors (Lipinski definition) is 3. The van der Waals surface area contributed by atoms with Crippen LogP contribution in [0.4, 0.5) is 4.39 Å². The van der Waals surface area contributed by atoms with Gasteiger partial charge < -0.3 is 0 Å². The molecule has 1 aromatic carbocycles. The highest BCUT2D eigenvalue weighted by molar-refractivity contribution is 7.89. The van der Waals surface area contributed by atoms with E-state index in [1.807, 2.05) is 0 Å². The van der Waals surface area contributed by atoms with Crippen molar-refractivity contribution in [2.24, 2.45) is 5.84 Å². The Kier molecular flexibility index (Phi) is 2.65. The standard InChI is InChI=1S/C7H9FN2O2S/c1-5-3-2-4-6(7(5)8)13(11,12)10-9/h2-4,10H,9H2,1H3. The molecule has 0 aliphatic carbocycles. The second-order valence-electron chi connectivity index (χ2n) is 2.51.